The molecular weight excluding hydrogens is 404 g/mol. The number of carbonyl (C=O) groups is 1. The average Bonchev–Trinajstić information content (AvgIpc) is 3.08. The second kappa shape index (κ2) is 6.79. The molecule has 0 spiro atoms. The number of halogens is 2. The topological polar surface area (TPSA) is 63.2 Å². The van der Waals surface area contributed by atoms with Gasteiger partial charge in [0.15, 0.2) is 11.6 Å². The third kappa shape index (κ3) is 3.12. The zero-order valence-corrected chi connectivity index (χ0v) is 16.3. The first kappa shape index (κ1) is 18.8. The third-order valence-corrected chi connectivity index (χ3v) is 7.76. The first-order valence-corrected chi connectivity index (χ1v) is 10.8. The highest BCUT2D eigenvalue weighted by molar-refractivity contribution is 7.91. The molecule has 1 unspecified atom stereocenters. The number of thiophene rings is 1. The maximum absolute atomic E-state index is 13.7. The van der Waals surface area contributed by atoms with Gasteiger partial charge >= 0.3 is 0 Å². The van der Waals surface area contributed by atoms with Crippen molar-refractivity contribution in [2.45, 2.75) is 29.1 Å². The monoisotopic (exact) mass is 419 g/mol. The Morgan fingerprint density at radius 3 is 2.46 bits per heavy atom. The summed E-state index contributed by atoms with van der Waals surface area (Å²) in [7, 11) is -3.84. The number of hydrogen-bond acceptors (Lipinski definition) is 4. The van der Waals surface area contributed by atoms with E-state index in [0.717, 1.165) is 17.7 Å². The molecule has 1 atom stereocenters. The van der Waals surface area contributed by atoms with Crippen molar-refractivity contribution in [3.05, 3.63) is 75.5 Å². The Morgan fingerprint density at radius 2 is 1.79 bits per heavy atom. The van der Waals surface area contributed by atoms with Crippen LogP contribution in [-0.2, 0) is 14.6 Å². The van der Waals surface area contributed by atoms with Gasteiger partial charge in [0.05, 0.1) is 10.6 Å². The zero-order valence-electron chi connectivity index (χ0n) is 14.7. The van der Waals surface area contributed by atoms with Crippen LogP contribution in [-0.4, -0.2) is 14.3 Å². The molecule has 3 aromatic rings. The molecule has 4 nitrogen and oxygen atoms in total. The van der Waals surface area contributed by atoms with Crippen molar-refractivity contribution in [1.82, 2.24) is 0 Å². The van der Waals surface area contributed by atoms with E-state index in [2.05, 4.69) is 5.32 Å². The number of hydrogen-bond donors (Lipinski definition) is 1. The van der Waals surface area contributed by atoms with Crippen molar-refractivity contribution in [2.75, 3.05) is 5.32 Å². The highest BCUT2D eigenvalue weighted by Gasteiger charge is 2.34. The first-order valence-electron chi connectivity index (χ1n) is 8.45. The number of carbonyl (C=O) groups excluding carboxylic acids is 1. The number of aryl methyl sites for hydroxylation is 1. The SMILES string of the molecule is Cc1ccc(S(=O)(=O)c2csc3c2NC(=O)CC3c2ccc(F)c(F)c2)cc1. The predicted octanol–water partition coefficient (Wildman–Crippen LogP) is 4.64. The summed E-state index contributed by atoms with van der Waals surface area (Å²) >= 11 is 1.18. The molecule has 1 aromatic heterocycles. The standard InChI is InChI=1S/C20H15F2NO3S2/c1-11-2-5-13(6-3-11)28(25,26)17-10-27-20-14(9-18(24)23-19(17)20)12-4-7-15(21)16(22)8-12/h2-8,10,14H,9H2,1H3,(H,23,24). The van der Waals surface area contributed by atoms with Crippen molar-refractivity contribution in [1.29, 1.82) is 0 Å². The third-order valence-electron chi connectivity index (χ3n) is 4.72. The molecular formula is C20H15F2NO3S2. The van der Waals surface area contributed by atoms with Gasteiger partial charge in [0.1, 0.15) is 4.90 Å². The lowest BCUT2D eigenvalue weighted by Crippen LogP contribution is -2.23. The molecule has 144 valence electrons. The number of fused-ring (bicyclic) bond motifs is 1. The minimum Gasteiger partial charge on any atom is -0.324 e. The van der Waals surface area contributed by atoms with Crippen molar-refractivity contribution in [3.8, 4) is 0 Å². The molecule has 0 fully saturated rings. The lowest BCUT2D eigenvalue weighted by atomic mass is 9.90. The van der Waals surface area contributed by atoms with Crippen molar-refractivity contribution in [3.63, 3.8) is 0 Å². The number of anilines is 1. The molecule has 1 aliphatic heterocycles. The molecule has 0 saturated carbocycles. The molecule has 28 heavy (non-hydrogen) atoms. The van der Waals surface area contributed by atoms with Crippen LogP contribution in [0.15, 0.2) is 57.6 Å². The largest absolute Gasteiger partial charge is 0.324 e. The van der Waals surface area contributed by atoms with Gasteiger partial charge in [-0.3, -0.25) is 4.79 Å². The van der Waals surface area contributed by atoms with Crippen LogP contribution in [0.3, 0.4) is 0 Å². The van der Waals surface area contributed by atoms with Crippen LogP contribution >= 0.6 is 11.3 Å². The number of benzene rings is 2. The van der Waals surface area contributed by atoms with E-state index in [1.54, 1.807) is 12.1 Å². The Labute approximate surface area is 164 Å². The smallest absolute Gasteiger partial charge is 0.225 e. The predicted molar refractivity (Wildman–Crippen MR) is 102 cm³/mol. The van der Waals surface area contributed by atoms with Gasteiger partial charge in [0.25, 0.3) is 0 Å². The van der Waals surface area contributed by atoms with Gasteiger partial charge in [0.2, 0.25) is 15.7 Å². The molecule has 2 aromatic carbocycles. The minimum absolute atomic E-state index is 0.0111. The fourth-order valence-corrected chi connectivity index (χ4v) is 6.15. The van der Waals surface area contributed by atoms with E-state index in [1.165, 1.54) is 34.9 Å². The molecule has 8 heteroatoms. The fourth-order valence-electron chi connectivity index (χ4n) is 3.24. The van der Waals surface area contributed by atoms with Gasteiger partial charge in [-0.15, -0.1) is 11.3 Å². The second-order valence-electron chi connectivity index (χ2n) is 6.63. The molecule has 0 radical (unpaired) electrons. The summed E-state index contributed by atoms with van der Waals surface area (Å²) in [5.41, 5.74) is 1.57. The van der Waals surface area contributed by atoms with Crippen molar-refractivity contribution >= 4 is 32.8 Å². The van der Waals surface area contributed by atoms with Gasteiger partial charge < -0.3 is 5.32 Å². The summed E-state index contributed by atoms with van der Waals surface area (Å²) in [5, 5.41) is 4.13. The van der Waals surface area contributed by atoms with E-state index in [9.17, 15) is 22.0 Å². The van der Waals surface area contributed by atoms with Crippen LogP contribution in [0.25, 0.3) is 0 Å². The van der Waals surface area contributed by atoms with Crippen LogP contribution in [0.2, 0.25) is 0 Å². The first-order chi connectivity index (χ1) is 13.3. The van der Waals surface area contributed by atoms with Gasteiger partial charge in [-0.25, -0.2) is 17.2 Å². The Kier molecular flexibility index (Phi) is 4.55. The zero-order chi connectivity index (χ0) is 20.1. The van der Waals surface area contributed by atoms with Crippen LogP contribution in [0.4, 0.5) is 14.5 Å². The van der Waals surface area contributed by atoms with E-state index in [1.807, 2.05) is 6.92 Å². The highest BCUT2D eigenvalue weighted by Crippen LogP contribution is 2.46. The summed E-state index contributed by atoms with van der Waals surface area (Å²) < 4.78 is 53.1. The molecule has 1 aliphatic rings. The molecule has 1 amide bonds. The Bertz CT molecular complexity index is 1180. The summed E-state index contributed by atoms with van der Waals surface area (Å²) in [6.45, 7) is 1.86. The number of rotatable bonds is 3. The Balaban J connectivity index is 1.82. The molecule has 1 N–H and O–H groups in total. The lowest BCUT2D eigenvalue weighted by Gasteiger charge is -2.23. The number of amides is 1. The summed E-state index contributed by atoms with van der Waals surface area (Å²) in [6, 6.07) is 9.92. The van der Waals surface area contributed by atoms with E-state index in [0.29, 0.717) is 10.4 Å². The van der Waals surface area contributed by atoms with Gasteiger partial charge in [0, 0.05) is 22.6 Å². The fraction of sp³-hybridized carbons (Fsp3) is 0.150. The van der Waals surface area contributed by atoms with Gasteiger partial charge in [-0.2, -0.15) is 0 Å². The summed E-state index contributed by atoms with van der Waals surface area (Å²) in [4.78, 5) is 13.0. The number of nitrogens with one attached hydrogen (secondary N) is 1. The number of sulfone groups is 1. The maximum atomic E-state index is 13.7. The van der Waals surface area contributed by atoms with E-state index < -0.39 is 27.4 Å². The molecule has 0 bridgehead atoms. The van der Waals surface area contributed by atoms with Crippen molar-refractivity contribution < 1.29 is 22.0 Å². The van der Waals surface area contributed by atoms with Gasteiger partial charge in [-0.05, 0) is 36.8 Å². The highest BCUT2D eigenvalue weighted by atomic mass is 32.2. The summed E-state index contributed by atoms with van der Waals surface area (Å²) in [6.07, 6.45) is 0.0304. The van der Waals surface area contributed by atoms with Crippen LogP contribution in [0.5, 0.6) is 0 Å². The Hall–Kier alpha value is -2.58. The van der Waals surface area contributed by atoms with Crippen LogP contribution < -0.4 is 5.32 Å². The molecule has 2 heterocycles. The van der Waals surface area contributed by atoms with Gasteiger partial charge in [-0.1, -0.05) is 23.8 Å². The summed E-state index contributed by atoms with van der Waals surface area (Å²) in [5.74, 6) is -2.89. The van der Waals surface area contributed by atoms with E-state index in [-0.39, 0.29) is 27.8 Å². The van der Waals surface area contributed by atoms with E-state index in [4.69, 9.17) is 0 Å². The minimum atomic E-state index is -3.84. The Morgan fingerprint density at radius 1 is 1.07 bits per heavy atom. The average molecular weight is 419 g/mol. The van der Waals surface area contributed by atoms with E-state index >= 15 is 0 Å². The molecule has 0 saturated heterocycles. The van der Waals surface area contributed by atoms with Crippen LogP contribution in [0, 0.1) is 18.6 Å². The molecule has 4 rings (SSSR count). The lowest BCUT2D eigenvalue weighted by molar-refractivity contribution is -0.116. The maximum Gasteiger partial charge on any atom is 0.225 e. The molecule has 0 aliphatic carbocycles. The normalized spacial score (nSPS) is 16.5. The second-order valence-corrected chi connectivity index (χ2v) is 9.46. The quantitative estimate of drug-likeness (QED) is 0.673. The van der Waals surface area contributed by atoms with Crippen molar-refractivity contribution in [2.24, 2.45) is 0 Å². The van der Waals surface area contributed by atoms with Crippen LogP contribution in [0.1, 0.15) is 28.3 Å².